The maximum Gasteiger partial charge on any atom is 0.510 e. The number of halogens is 1. The second-order valence-corrected chi connectivity index (χ2v) is 14.9. The molecule has 7 N–H and O–H groups in total. The molecule has 25 nitrogen and oxygen atoms in total. The van der Waals surface area contributed by atoms with Gasteiger partial charge < -0.3 is 40.4 Å². The van der Waals surface area contributed by atoms with Crippen LogP contribution in [0, 0.1) is 0 Å². The van der Waals surface area contributed by atoms with Crippen molar-refractivity contribution < 1.29 is 69.9 Å². The summed E-state index contributed by atoms with van der Waals surface area (Å²) in [6, 6.07) is 0. The summed E-state index contributed by atoms with van der Waals surface area (Å²) < 4.78 is 94.4. The smallest absolute Gasteiger partial charge is 0.432 e. The monoisotopic (exact) mass is 792 g/mol. The van der Waals surface area contributed by atoms with E-state index in [-0.39, 0.29) is 34.1 Å². The SMILES string of the molecule is CC(C)OC(=O)OCOP1(=O)OC[C@H]2O[C@@H](n3cnc4c(N)ncnc43)[C@@H](F)C2OP(=O)(O)OC[C@H]2O[C@@H](n3cnc4c(=O)[nH]c(N)nc43)[C@@H](O1)C2O. The lowest BCUT2D eigenvalue weighted by Crippen LogP contribution is -2.35. The summed E-state index contributed by atoms with van der Waals surface area (Å²) >= 11 is 0. The van der Waals surface area contributed by atoms with Gasteiger partial charge in [0, 0.05) is 0 Å². The van der Waals surface area contributed by atoms with Gasteiger partial charge in [-0.2, -0.15) is 4.98 Å². The lowest BCUT2D eigenvalue weighted by atomic mass is 10.1. The number of ether oxygens (including phenoxy) is 4. The number of fused-ring (bicyclic) bond motifs is 5. The number of anilines is 2. The molecule has 28 heteroatoms. The van der Waals surface area contributed by atoms with Crippen molar-refractivity contribution in [2.45, 2.75) is 69.1 Å². The van der Waals surface area contributed by atoms with Gasteiger partial charge in [0.05, 0.1) is 32.0 Å². The Morgan fingerprint density at radius 1 is 1.02 bits per heavy atom. The molecule has 7 rings (SSSR count). The molecule has 0 aliphatic carbocycles. The van der Waals surface area contributed by atoms with Crippen LogP contribution >= 0.6 is 15.6 Å². The van der Waals surface area contributed by atoms with Gasteiger partial charge in [0.25, 0.3) is 5.56 Å². The molecule has 0 aromatic carbocycles. The number of hydrogen-bond acceptors (Lipinski definition) is 21. The number of hydrogen-bond donors (Lipinski definition) is 5. The van der Waals surface area contributed by atoms with Crippen LogP contribution in [0.3, 0.4) is 0 Å². The Labute approximate surface area is 294 Å². The molecule has 288 valence electrons. The van der Waals surface area contributed by atoms with E-state index in [1.807, 2.05) is 0 Å². The fourth-order valence-electron chi connectivity index (χ4n) is 5.69. The summed E-state index contributed by atoms with van der Waals surface area (Å²) in [4.78, 5) is 57.5. The number of aromatic amines is 1. The number of carbonyl (C=O) groups excluding carboxylic acids is 1. The number of alkyl halides is 1. The van der Waals surface area contributed by atoms with Crippen LogP contribution in [0.15, 0.2) is 23.8 Å². The number of imidazole rings is 2. The van der Waals surface area contributed by atoms with E-state index in [0.717, 1.165) is 28.1 Å². The molecule has 7 heterocycles. The molecular formula is C25H31FN10O15P2. The lowest BCUT2D eigenvalue weighted by molar-refractivity contribution is -0.0770. The van der Waals surface area contributed by atoms with Crippen molar-refractivity contribution in [3.05, 3.63) is 29.3 Å². The number of nitrogens with two attached hydrogens (primary N) is 2. The highest BCUT2D eigenvalue weighted by Gasteiger charge is 2.55. The summed E-state index contributed by atoms with van der Waals surface area (Å²) in [6.07, 6.45) is -12.8. The van der Waals surface area contributed by atoms with Crippen LogP contribution in [0.2, 0.25) is 0 Å². The van der Waals surface area contributed by atoms with Crippen molar-refractivity contribution >= 4 is 55.9 Å². The van der Waals surface area contributed by atoms with E-state index in [0.29, 0.717) is 0 Å². The van der Waals surface area contributed by atoms with Gasteiger partial charge in [0.1, 0.15) is 42.4 Å². The van der Waals surface area contributed by atoms with Gasteiger partial charge in [-0.15, -0.1) is 0 Å². The minimum atomic E-state index is -5.23. The average molecular weight is 793 g/mol. The van der Waals surface area contributed by atoms with E-state index >= 15 is 4.39 Å². The Hall–Kier alpha value is -4.20. The minimum Gasteiger partial charge on any atom is -0.432 e. The zero-order chi connectivity index (χ0) is 37.8. The number of rotatable bonds is 6. The van der Waals surface area contributed by atoms with Crippen molar-refractivity contribution in [2.75, 3.05) is 31.5 Å². The molecule has 3 fully saturated rings. The van der Waals surface area contributed by atoms with Crippen molar-refractivity contribution in [1.82, 2.24) is 39.0 Å². The molecule has 0 saturated carbocycles. The quantitative estimate of drug-likeness (QED) is 0.0987. The van der Waals surface area contributed by atoms with Gasteiger partial charge >= 0.3 is 21.8 Å². The van der Waals surface area contributed by atoms with E-state index in [2.05, 4.69) is 29.9 Å². The van der Waals surface area contributed by atoms with Crippen molar-refractivity contribution in [1.29, 1.82) is 0 Å². The molecule has 0 spiro atoms. The Bertz CT molecular complexity index is 2170. The highest BCUT2D eigenvalue weighted by molar-refractivity contribution is 7.48. The number of nitrogen functional groups attached to an aromatic ring is 2. The summed E-state index contributed by atoms with van der Waals surface area (Å²) in [6.45, 7) is 0.131. The van der Waals surface area contributed by atoms with Crippen LogP contribution in [0.1, 0.15) is 26.3 Å². The fourth-order valence-corrected chi connectivity index (χ4v) is 7.88. The summed E-state index contributed by atoms with van der Waals surface area (Å²) in [5.74, 6) is -0.349. The topological polar surface area (TPSA) is 334 Å². The van der Waals surface area contributed by atoms with Crippen LogP contribution < -0.4 is 17.0 Å². The molecule has 2 bridgehead atoms. The maximum absolute atomic E-state index is 16.2. The lowest BCUT2D eigenvalue weighted by Gasteiger charge is -2.27. The van der Waals surface area contributed by atoms with Crippen molar-refractivity contribution in [2.24, 2.45) is 0 Å². The normalized spacial score (nSPS) is 33.7. The number of nitrogens with zero attached hydrogens (tertiary/aromatic N) is 7. The van der Waals surface area contributed by atoms with Gasteiger partial charge in [-0.05, 0) is 13.8 Å². The number of aliphatic hydroxyl groups excluding tert-OH is 1. The third-order valence-electron chi connectivity index (χ3n) is 7.99. The number of aromatic nitrogens is 8. The number of phosphoric acid groups is 2. The molecule has 4 unspecified atom stereocenters. The standard InChI is InChI=1S/C25H31FN10O15P2/c1-9(2)47-25(39)43-8-46-53(42)45-4-11-16(12(26)22(49-11)35-6-31-13-18(27)29-5-30-19(13)35)50-52(40,41)44-3-10-15(37)17(51-53)23(48-10)36-7-32-14-20(36)33-24(28)34-21(14)38/h5-7,9-12,15-17,22-23,37H,3-4,8H2,1-2H3,(H,40,41)(H2,27,29,30)(H3,28,33,34,38)/t10-,11-,12+,15?,16?,17+,22-,23-,53?/m1/s1. The van der Waals surface area contributed by atoms with Gasteiger partial charge in [-0.3, -0.25) is 37.0 Å². The Balaban J connectivity index is 1.23. The third kappa shape index (κ3) is 7.35. The zero-order valence-corrected chi connectivity index (χ0v) is 29.1. The Morgan fingerprint density at radius 3 is 2.47 bits per heavy atom. The van der Waals surface area contributed by atoms with Gasteiger partial charge in [-0.1, -0.05) is 0 Å². The first-order valence-electron chi connectivity index (χ1n) is 15.5. The van der Waals surface area contributed by atoms with Gasteiger partial charge in [-0.25, -0.2) is 42.8 Å². The molecule has 3 aliphatic heterocycles. The average Bonchev–Trinajstić information content (AvgIpc) is 3.84. The molecule has 0 radical (unpaired) electrons. The first-order chi connectivity index (χ1) is 25.1. The van der Waals surface area contributed by atoms with Crippen LogP contribution in [0.25, 0.3) is 22.3 Å². The molecule has 4 aromatic heterocycles. The number of H-pyrrole nitrogens is 1. The molecular weight excluding hydrogens is 761 g/mol. The summed E-state index contributed by atoms with van der Waals surface area (Å²) in [5.41, 5.74) is 10.6. The van der Waals surface area contributed by atoms with E-state index in [4.69, 9.17) is 53.0 Å². The van der Waals surface area contributed by atoms with E-state index < -0.39 is 103 Å². The van der Waals surface area contributed by atoms with Crippen LogP contribution in [0.4, 0.5) is 21.0 Å². The second kappa shape index (κ2) is 14.2. The maximum atomic E-state index is 16.2. The van der Waals surface area contributed by atoms with Crippen molar-refractivity contribution in [3.63, 3.8) is 0 Å². The number of phosphoric ester groups is 2. The highest BCUT2D eigenvalue weighted by atomic mass is 31.2. The van der Waals surface area contributed by atoms with Crippen LogP contribution in [-0.4, -0.2) is 118 Å². The van der Waals surface area contributed by atoms with E-state index in [1.165, 1.54) is 13.8 Å². The molecule has 53 heavy (non-hydrogen) atoms. The number of nitrogens with one attached hydrogen (secondary N) is 1. The molecule has 10 atom stereocenters. The van der Waals surface area contributed by atoms with E-state index in [9.17, 15) is 28.7 Å². The highest BCUT2D eigenvalue weighted by Crippen LogP contribution is 2.56. The Morgan fingerprint density at radius 2 is 1.72 bits per heavy atom. The van der Waals surface area contributed by atoms with Gasteiger partial charge in [0.2, 0.25) is 12.7 Å². The number of carbonyl (C=O) groups is 1. The minimum absolute atomic E-state index is 0.0284. The van der Waals surface area contributed by atoms with Crippen LogP contribution in [0.5, 0.6) is 0 Å². The predicted octanol–water partition coefficient (Wildman–Crippen LogP) is 0.179. The van der Waals surface area contributed by atoms with Crippen LogP contribution in [-0.2, 0) is 50.7 Å². The second-order valence-electron chi connectivity index (χ2n) is 11.9. The Kier molecular flexibility index (Phi) is 9.96. The largest absolute Gasteiger partial charge is 0.510 e. The first kappa shape index (κ1) is 37.1. The molecule has 0 amide bonds. The van der Waals surface area contributed by atoms with Crippen molar-refractivity contribution in [3.8, 4) is 0 Å². The number of aliphatic hydroxyl groups is 1. The summed E-state index contributed by atoms with van der Waals surface area (Å²) in [5, 5.41) is 11.3. The fraction of sp³-hybridized carbons (Fsp3) is 0.560. The predicted molar refractivity (Wildman–Crippen MR) is 169 cm³/mol. The molecule has 3 saturated heterocycles. The first-order valence-corrected chi connectivity index (χ1v) is 18.4. The van der Waals surface area contributed by atoms with Gasteiger partial charge in [0.15, 0.2) is 41.3 Å². The summed E-state index contributed by atoms with van der Waals surface area (Å²) in [7, 11) is -10.3. The zero-order valence-electron chi connectivity index (χ0n) is 27.3. The van der Waals surface area contributed by atoms with E-state index in [1.54, 1.807) is 0 Å². The molecule has 3 aliphatic rings. The molecule has 4 aromatic rings. The third-order valence-corrected chi connectivity index (χ3v) is 10.4.